The quantitative estimate of drug-likeness (QED) is 0.844. The number of rotatable bonds is 3. The highest BCUT2D eigenvalue weighted by Gasteiger charge is 2.31. The fraction of sp³-hybridized carbons (Fsp3) is 0.929. The minimum Gasteiger partial charge on any atom is -0.444 e. The summed E-state index contributed by atoms with van der Waals surface area (Å²) in [5.41, 5.74) is 5.73. The van der Waals surface area contributed by atoms with E-state index in [1.165, 1.54) is 19.3 Å². The zero-order chi connectivity index (χ0) is 13.8. The van der Waals surface area contributed by atoms with E-state index in [1.54, 1.807) is 4.90 Å². The second-order valence-electron chi connectivity index (χ2n) is 6.28. The SMILES string of the molecule is CCCCC1CCN(C(=O)OC(C)(C)C)CC1N. The molecule has 18 heavy (non-hydrogen) atoms. The number of hydrogen-bond donors (Lipinski definition) is 1. The first-order chi connectivity index (χ1) is 8.33. The Balaban J connectivity index is 2.43. The molecule has 1 fully saturated rings. The van der Waals surface area contributed by atoms with Crippen molar-refractivity contribution in [2.24, 2.45) is 11.7 Å². The summed E-state index contributed by atoms with van der Waals surface area (Å²) in [5, 5.41) is 0. The van der Waals surface area contributed by atoms with E-state index in [2.05, 4.69) is 6.92 Å². The maximum absolute atomic E-state index is 11.9. The standard InChI is InChI=1S/C14H28N2O2/c1-5-6-7-11-8-9-16(10-12(11)15)13(17)18-14(2,3)4/h11-12H,5-10,15H2,1-4H3. The summed E-state index contributed by atoms with van der Waals surface area (Å²) in [5.74, 6) is 0.559. The average molecular weight is 256 g/mol. The van der Waals surface area contributed by atoms with Crippen LogP contribution < -0.4 is 5.73 Å². The van der Waals surface area contributed by atoms with Gasteiger partial charge in [-0.1, -0.05) is 19.8 Å². The number of hydrogen-bond acceptors (Lipinski definition) is 3. The molecule has 2 unspecified atom stereocenters. The van der Waals surface area contributed by atoms with Crippen molar-refractivity contribution in [1.29, 1.82) is 0 Å². The molecule has 1 rings (SSSR count). The van der Waals surface area contributed by atoms with Gasteiger partial charge in [-0.25, -0.2) is 4.79 Å². The molecule has 0 aliphatic carbocycles. The summed E-state index contributed by atoms with van der Waals surface area (Å²) >= 11 is 0. The molecule has 0 radical (unpaired) electrons. The second kappa shape index (κ2) is 6.41. The van der Waals surface area contributed by atoms with Crippen LogP contribution in [0.3, 0.4) is 0 Å². The van der Waals surface area contributed by atoms with Gasteiger partial charge in [-0.3, -0.25) is 0 Å². The van der Waals surface area contributed by atoms with Crippen LogP contribution in [0.4, 0.5) is 4.79 Å². The number of carbonyl (C=O) groups excluding carboxylic acids is 1. The molecule has 4 heteroatoms. The van der Waals surface area contributed by atoms with E-state index < -0.39 is 5.60 Å². The maximum atomic E-state index is 11.9. The summed E-state index contributed by atoms with van der Waals surface area (Å²) in [6, 6.07) is 0.0952. The van der Waals surface area contributed by atoms with Gasteiger partial charge < -0.3 is 15.4 Å². The molecule has 0 aromatic heterocycles. The van der Waals surface area contributed by atoms with Gasteiger partial charge >= 0.3 is 6.09 Å². The van der Waals surface area contributed by atoms with Crippen molar-refractivity contribution in [3.8, 4) is 0 Å². The predicted octanol–water partition coefficient (Wildman–Crippen LogP) is 2.76. The molecular formula is C14H28N2O2. The Morgan fingerprint density at radius 1 is 1.44 bits per heavy atom. The van der Waals surface area contributed by atoms with Crippen molar-refractivity contribution < 1.29 is 9.53 Å². The molecule has 2 atom stereocenters. The van der Waals surface area contributed by atoms with Crippen LogP contribution >= 0.6 is 0 Å². The minimum atomic E-state index is -0.430. The van der Waals surface area contributed by atoms with Crippen LogP contribution in [0.5, 0.6) is 0 Å². The molecule has 0 aromatic carbocycles. The van der Waals surface area contributed by atoms with Gasteiger partial charge in [-0.15, -0.1) is 0 Å². The fourth-order valence-corrected chi connectivity index (χ4v) is 2.35. The molecule has 4 nitrogen and oxygen atoms in total. The number of piperidine rings is 1. The molecule has 1 amide bonds. The molecule has 0 aromatic rings. The van der Waals surface area contributed by atoms with Crippen molar-refractivity contribution in [2.45, 2.75) is 65.0 Å². The van der Waals surface area contributed by atoms with Crippen LogP contribution in [0.1, 0.15) is 53.4 Å². The number of nitrogens with two attached hydrogens (primary N) is 1. The van der Waals surface area contributed by atoms with Gasteiger partial charge in [-0.2, -0.15) is 0 Å². The molecule has 2 N–H and O–H groups in total. The lowest BCUT2D eigenvalue weighted by molar-refractivity contribution is 0.0155. The molecule has 1 saturated heterocycles. The Hall–Kier alpha value is -0.770. The Kier molecular flexibility index (Phi) is 5.45. The average Bonchev–Trinajstić information content (AvgIpc) is 2.25. The number of ether oxygens (including phenoxy) is 1. The first-order valence-electron chi connectivity index (χ1n) is 7.07. The summed E-state index contributed by atoms with van der Waals surface area (Å²) in [7, 11) is 0. The van der Waals surface area contributed by atoms with E-state index in [4.69, 9.17) is 10.5 Å². The van der Waals surface area contributed by atoms with Gasteiger partial charge in [0.2, 0.25) is 0 Å². The first-order valence-corrected chi connectivity index (χ1v) is 7.07. The molecule has 1 heterocycles. The van der Waals surface area contributed by atoms with Crippen LogP contribution in [0.25, 0.3) is 0 Å². The van der Waals surface area contributed by atoms with E-state index in [1.807, 2.05) is 20.8 Å². The summed E-state index contributed by atoms with van der Waals surface area (Å²) in [4.78, 5) is 13.7. The monoisotopic (exact) mass is 256 g/mol. The van der Waals surface area contributed by atoms with E-state index in [0.29, 0.717) is 12.5 Å². The molecule has 0 bridgehead atoms. The maximum Gasteiger partial charge on any atom is 0.410 e. The predicted molar refractivity (Wildman–Crippen MR) is 73.4 cm³/mol. The lowest BCUT2D eigenvalue weighted by atomic mass is 9.88. The largest absolute Gasteiger partial charge is 0.444 e. The molecule has 1 aliphatic rings. The number of carbonyl (C=O) groups is 1. The van der Waals surface area contributed by atoms with Crippen LogP contribution in [0.15, 0.2) is 0 Å². The Bertz CT molecular complexity index is 273. The molecule has 1 aliphatic heterocycles. The molecule has 106 valence electrons. The number of amides is 1. The zero-order valence-electron chi connectivity index (χ0n) is 12.2. The third-order valence-corrected chi connectivity index (χ3v) is 3.39. The third kappa shape index (κ3) is 4.84. The van der Waals surface area contributed by atoms with Gasteiger partial charge in [-0.05, 0) is 39.5 Å². The van der Waals surface area contributed by atoms with Gasteiger partial charge in [0, 0.05) is 19.1 Å². The van der Waals surface area contributed by atoms with Crippen LogP contribution in [0.2, 0.25) is 0 Å². The number of nitrogens with zero attached hydrogens (tertiary/aromatic N) is 1. The summed E-state index contributed by atoms with van der Waals surface area (Å²) in [6.07, 6.45) is 4.39. The van der Waals surface area contributed by atoms with Crippen molar-refractivity contribution in [3.05, 3.63) is 0 Å². The van der Waals surface area contributed by atoms with Crippen molar-refractivity contribution in [2.75, 3.05) is 13.1 Å². The first kappa shape index (κ1) is 15.3. The van der Waals surface area contributed by atoms with Crippen molar-refractivity contribution in [3.63, 3.8) is 0 Å². The Morgan fingerprint density at radius 2 is 2.11 bits per heavy atom. The summed E-state index contributed by atoms with van der Waals surface area (Å²) in [6.45, 7) is 9.26. The topological polar surface area (TPSA) is 55.6 Å². The highest BCUT2D eigenvalue weighted by atomic mass is 16.6. The molecule has 0 saturated carbocycles. The highest BCUT2D eigenvalue weighted by Crippen LogP contribution is 2.23. The smallest absolute Gasteiger partial charge is 0.410 e. The van der Waals surface area contributed by atoms with E-state index >= 15 is 0 Å². The second-order valence-corrected chi connectivity index (χ2v) is 6.28. The van der Waals surface area contributed by atoms with Gasteiger partial charge in [0.15, 0.2) is 0 Å². The van der Waals surface area contributed by atoms with E-state index in [-0.39, 0.29) is 12.1 Å². The van der Waals surface area contributed by atoms with Gasteiger partial charge in [0.25, 0.3) is 0 Å². The number of likely N-dealkylation sites (tertiary alicyclic amines) is 1. The van der Waals surface area contributed by atoms with Crippen LogP contribution in [-0.2, 0) is 4.74 Å². The van der Waals surface area contributed by atoms with E-state index in [0.717, 1.165) is 13.0 Å². The zero-order valence-corrected chi connectivity index (χ0v) is 12.2. The lowest BCUT2D eigenvalue weighted by Crippen LogP contribution is -2.51. The summed E-state index contributed by atoms with van der Waals surface area (Å²) < 4.78 is 5.37. The molecular weight excluding hydrogens is 228 g/mol. The van der Waals surface area contributed by atoms with E-state index in [9.17, 15) is 4.79 Å². The Morgan fingerprint density at radius 3 is 2.61 bits per heavy atom. The van der Waals surface area contributed by atoms with Crippen LogP contribution in [-0.4, -0.2) is 35.7 Å². The lowest BCUT2D eigenvalue weighted by Gasteiger charge is -2.37. The van der Waals surface area contributed by atoms with Gasteiger partial charge in [0.1, 0.15) is 5.60 Å². The van der Waals surface area contributed by atoms with Crippen molar-refractivity contribution in [1.82, 2.24) is 4.90 Å². The fourth-order valence-electron chi connectivity index (χ4n) is 2.35. The highest BCUT2D eigenvalue weighted by molar-refractivity contribution is 5.68. The van der Waals surface area contributed by atoms with Gasteiger partial charge in [0.05, 0.1) is 0 Å². The normalized spacial score (nSPS) is 25.1. The molecule has 0 spiro atoms. The van der Waals surface area contributed by atoms with Crippen LogP contribution in [0, 0.1) is 5.92 Å². The Labute approximate surface area is 111 Å². The third-order valence-electron chi connectivity index (χ3n) is 3.39. The number of unbranched alkanes of at least 4 members (excludes halogenated alkanes) is 1. The van der Waals surface area contributed by atoms with Crippen molar-refractivity contribution >= 4 is 6.09 Å². The minimum absolute atomic E-state index is 0.0952.